The maximum Gasteiger partial charge on any atom is 0.230 e. The van der Waals surface area contributed by atoms with Crippen molar-refractivity contribution in [3.63, 3.8) is 0 Å². The van der Waals surface area contributed by atoms with Crippen LogP contribution in [-0.4, -0.2) is 26.0 Å². The molecule has 1 fully saturated rings. The van der Waals surface area contributed by atoms with E-state index in [1.807, 2.05) is 17.0 Å². The van der Waals surface area contributed by atoms with E-state index in [-0.39, 0.29) is 5.92 Å². The second kappa shape index (κ2) is 5.24. The van der Waals surface area contributed by atoms with Gasteiger partial charge in [-0.05, 0) is 25.0 Å². The van der Waals surface area contributed by atoms with Gasteiger partial charge in [0.05, 0.1) is 11.4 Å². The molecular weight excluding hydrogens is 236 g/mol. The molecule has 0 bridgehead atoms. The zero-order valence-corrected chi connectivity index (χ0v) is 11.6. The molecule has 3 rings (SSSR count). The Bertz CT molecular complexity index is 466. The number of hydrogen-bond donors (Lipinski definition) is 0. The summed E-state index contributed by atoms with van der Waals surface area (Å²) in [4.78, 5) is 17.0. The smallest absolute Gasteiger partial charge is 0.230 e. The molecule has 3 heteroatoms. The van der Waals surface area contributed by atoms with E-state index in [1.165, 1.54) is 24.9 Å². The number of para-hydroxylation sites is 2. The molecule has 1 amide bonds. The van der Waals surface area contributed by atoms with Crippen LogP contribution in [0.5, 0.6) is 0 Å². The Labute approximate surface area is 115 Å². The van der Waals surface area contributed by atoms with Crippen molar-refractivity contribution in [2.75, 3.05) is 29.9 Å². The van der Waals surface area contributed by atoms with Crippen molar-refractivity contribution in [3.05, 3.63) is 24.3 Å². The molecule has 1 saturated carbocycles. The first-order chi connectivity index (χ1) is 9.27. The third-order valence-electron chi connectivity index (χ3n) is 4.46. The highest BCUT2D eigenvalue weighted by molar-refractivity contribution is 5.99. The van der Waals surface area contributed by atoms with Crippen LogP contribution in [-0.2, 0) is 4.79 Å². The van der Waals surface area contributed by atoms with Gasteiger partial charge in [-0.25, -0.2) is 0 Å². The van der Waals surface area contributed by atoms with Crippen LogP contribution in [0.1, 0.15) is 32.1 Å². The van der Waals surface area contributed by atoms with Gasteiger partial charge in [-0.2, -0.15) is 0 Å². The summed E-state index contributed by atoms with van der Waals surface area (Å²) in [5.41, 5.74) is 2.27. The predicted molar refractivity (Wildman–Crippen MR) is 78.6 cm³/mol. The molecule has 0 atom stereocenters. The normalized spacial score (nSPS) is 20.3. The standard InChI is InChI=1S/C16H22N2O/c1-17-11-12-18(15-10-6-5-9-14(15)17)16(19)13-7-3-2-4-8-13/h5-6,9-10,13H,2-4,7-8,11-12H2,1H3. The number of anilines is 2. The molecule has 0 aromatic heterocycles. The maximum absolute atomic E-state index is 12.7. The van der Waals surface area contributed by atoms with Crippen LogP contribution in [0.4, 0.5) is 11.4 Å². The molecule has 0 radical (unpaired) electrons. The van der Waals surface area contributed by atoms with Gasteiger partial charge in [-0.15, -0.1) is 0 Å². The van der Waals surface area contributed by atoms with E-state index >= 15 is 0 Å². The summed E-state index contributed by atoms with van der Waals surface area (Å²) in [5.74, 6) is 0.602. The van der Waals surface area contributed by atoms with Gasteiger partial charge >= 0.3 is 0 Å². The number of carbonyl (C=O) groups excluding carboxylic acids is 1. The van der Waals surface area contributed by atoms with Crippen LogP contribution in [0.25, 0.3) is 0 Å². The first-order valence-electron chi connectivity index (χ1n) is 7.39. The first-order valence-corrected chi connectivity index (χ1v) is 7.39. The van der Waals surface area contributed by atoms with Gasteiger partial charge in [0.2, 0.25) is 5.91 Å². The van der Waals surface area contributed by atoms with Crippen LogP contribution in [0.3, 0.4) is 0 Å². The lowest BCUT2D eigenvalue weighted by Crippen LogP contribution is -2.45. The van der Waals surface area contributed by atoms with Gasteiger partial charge < -0.3 is 9.80 Å². The van der Waals surface area contributed by atoms with Crippen LogP contribution in [0.15, 0.2) is 24.3 Å². The van der Waals surface area contributed by atoms with Crippen LogP contribution >= 0.6 is 0 Å². The highest BCUT2D eigenvalue weighted by Crippen LogP contribution is 2.34. The average Bonchev–Trinajstić information content (AvgIpc) is 2.48. The van der Waals surface area contributed by atoms with Crippen molar-refractivity contribution in [2.45, 2.75) is 32.1 Å². The molecule has 1 aliphatic heterocycles. The molecule has 3 nitrogen and oxygen atoms in total. The topological polar surface area (TPSA) is 23.6 Å². The lowest BCUT2D eigenvalue weighted by Gasteiger charge is -2.37. The van der Waals surface area contributed by atoms with Crippen LogP contribution in [0, 0.1) is 5.92 Å². The van der Waals surface area contributed by atoms with Crippen molar-refractivity contribution >= 4 is 17.3 Å². The lowest BCUT2D eigenvalue weighted by molar-refractivity contribution is -0.123. The lowest BCUT2D eigenvalue weighted by atomic mass is 9.88. The van der Waals surface area contributed by atoms with Gasteiger partial charge in [-0.3, -0.25) is 4.79 Å². The average molecular weight is 258 g/mol. The summed E-state index contributed by atoms with van der Waals surface area (Å²) in [5, 5.41) is 0. The minimum absolute atomic E-state index is 0.255. The summed E-state index contributed by atoms with van der Waals surface area (Å²) in [7, 11) is 2.10. The minimum Gasteiger partial charge on any atom is -0.371 e. The fourth-order valence-corrected chi connectivity index (χ4v) is 3.30. The van der Waals surface area contributed by atoms with Crippen molar-refractivity contribution in [2.24, 2.45) is 5.92 Å². The molecule has 1 heterocycles. The molecule has 102 valence electrons. The Balaban J connectivity index is 1.85. The Kier molecular flexibility index (Phi) is 3.45. The van der Waals surface area contributed by atoms with Crippen LogP contribution in [0.2, 0.25) is 0 Å². The zero-order chi connectivity index (χ0) is 13.2. The van der Waals surface area contributed by atoms with Gasteiger partial charge in [0.15, 0.2) is 0 Å². The van der Waals surface area contributed by atoms with Gasteiger partial charge in [-0.1, -0.05) is 31.4 Å². The third kappa shape index (κ3) is 2.34. The fraction of sp³-hybridized carbons (Fsp3) is 0.562. The molecule has 0 spiro atoms. The monoisotopic (exact) mass is 258 g/mol. The highest BCUT2D eigenvalue weighted by Gasteiger charge is 2.30. The number of likely N-dealkylation sites (N-methyl/N-ethyl adjacent to an activating group) is 1. The summed E-state index contributed by atoms with van der Waals surface area (Å²) in [6.45, 7) is 1.75. The van der Waals surface area contributed by atoms with E-state index < -0.39 is 0 Å². The molecular formula is C16H22N2O. The molecule has 1 aromatic rings. The van der Waals surface area contributed by atoms with E-state index in [2.05, 4.69) is 24.1 Å². The molecule has 1 aliphatic carbocycles. The quantitative estimate of drug-likeness (QED) is 0.773. The van der Waals surface area contributed by atoms with E-state index in [1.54, 1.807) is 0 Å². The van der Waals surface area contributed by atoms with Crippen molar-refractivity contribution in [1.82, 2.24) is 0 Å². The van der Waals surface area contributed by atoms with Gasteiger partial charge in [0, 0.05) is 26.1 Å². The van der Waals surface area contributed by atoms with Gasteiger partial charge in [0.1, 0.15) is 0 Å². The largest absolute Gasteiger partial charge is 0.371 e. The van der Waals surface area contributed by atoms with Crippen molar-refractivity contribution in [1.29, 1.82) is 0 Å². The Morgan fingerprint density at radius 3 is 2.47 bits per heavy atom. The number of rotatable bonds is 1. The SMILES string of the molecule is CN1CCN(C(=O)C2CCCCC2)c2ccccc21. The molecule has 0 unspecified atom stereocenters. The van der Waals surface area contributed by atoms with Crippen molar-refractivity contribution < 1.29 is 4.79 Å². The number of fused-ring (bicyclic) bond motifs is 1. The second-order valence-electron chi connectivity index (χ2n) is 5.74. The van der Waals surface area contributed by atoms with E-state index in [0.717, 1.165) is 31.6 Å². The number of amides is 1. The number of benzene rings is 1. The summed E-state index contributed by atoms with van der Waals surface area (Å²) < 4.78 is 0. The molecule has 1 aromatic carbocycles. The van der Waals surface area contributed by atoms with E-state index in [0.29, 0.717) is 5.91 Å². The van der Waals surface area contributed by atoms with E-state index in [4.69, 9.17) is 0 Å². The summed E-state index contributed by atoms with van der Waals surface area (Å²) >= 11 is 0. The molecule has 0 saturated heterocycles. The molecule has 19 heavy (non-hydrogen) atoms. The zero-order valence-electron chi connectivity index (χ0n) is 11.6. The Hall–Kier alpha value is -1.51. The van der Waals surface area contributed by atoms with Gasteiger partial charge in [0.25, 0.3) is 0 Å². The highest BCUT2D eigenvalue weighted by atomic mass is 16.2. The maximum atomic E-state index is 12.7. The minimum atomic E-state index is 0.255. The Morgan fingerprint density at radius 1 is 1.05 bits per heavy atom. The van der Waals surface area contributed by atoms with E-state index in [9.17, 15) is 4.79 Å². The number of nitrogens with zero attached hydrogens (tertiary/aromatic N) is 2. The predicted octanol–water partition coefficient (Wildman–Crippen LogP) is 3.05. The Morgan fingerprint density at radius 2 is 1.74 bits per heavy atom. The third-order valence-corrected chi connectivity index (χ3v) is 4.46. The molecule has 0 N–H and O–H groups in total. The first kappa shape index (κ1) is 12.5. The number of hydrogen-bond acceptors (Lipinski definition) is 2. The number of carbonyl (C=O) groups is 1. The fourth-order valence-electron chi connectivity index (χ4n) is 3.30. The summed E-state index contributed by atoms with van der Waals surface area (Å²) in [6.07, 6.45) is 5.88. The second-order valence-corrected chi connectivity index (χ2v) is 5.74. The van der Waals surface area contributed by atoms with Crippen LogP contribution < -0.4 is 9.80 Å². The van der Waals surface area contributed by atoms with Crippen molar-refractivity contribution in [3.8, 4) is 0 Å². The summed E-state index contributed by atoms with van der Waals surface area (Å²) in [6, 6.07) is 8.25. The molecule has 2 aliphatic rings.